The van der Waals surface area contributed by atoms with E-state index in [1.807, 2.05) is 45.9 Å². The fraction of sp³-hybridized carbons (Fsp3) is 0.444. The monoisotopic (exact) mass is 282 g/mol. The summed E-state index contributed by atoms with van der Waals surface area (Å²) in [5.74, 6) is 0.0581. The van der Waals surface area contributed by atoms with Gasteiger partial charge in [-0.3, -0.25) is 4.79 Å². The number of hydrogen-bond donors (Lipinski definition) is 1. The number of nitrogens with one attached hydrogen (secondary N) is 1. The molecule has 2 aliphatic rings. The van der Waals surface area contributed by atoms with Crippen LogP contribution in [0.4, 0.5) is 0 Å². The Morgan fingerprint density at radius 2 is 1.76 bits per heavy atom. The molecule has 0 fully saturated rings. The molecule has 0 aromatic heterocycles. The standard InChI is InChI=1S/C18H22N2O/c1-5-18(6-2)15-11-13(12-19)9-7-8-10-14(15)17(3,4)20-16(18)21/h7-11H,5-6H2,1-4H3,(H,20,21)/b8-7?,9-7+,10-8+,13-9?,13-11+,14-10?,15-11?. The Morgan fingerprint density at radius 3 is 2.33 bits per heavy atom. The Morgan fingerprint density at radius 1 is 1.14 bits per heavy atom. The number of carbonyl (C=O) groups excluding carboxylic acids is 1. The average molecular weight is 282 g/mol. The molecule has 0 saturated carbocycles. The quantitative estimate of drug-likeness (QED) is 0.841. The lowest BCUT2D eigenvalue weighted by Gasteiger charge is -2.45. The molecule has 1 aliphatic carbocycles. The second-order valence-electron chi connectivity index (χ2n) is 6.13. The molecule has 1 aliphatic heterocycles. The first-order chi connectivity index (χ1) is 9.91. The van der Waals surface area contributed by atoms with Crippen molar-refractivity contribution in [2.45, 2.75) is 46.1 Å². The van der Waals surface area contributed by atoms with Gasteiger partial charge in [-0.1, -0.05) is 32.1 Å². The molecule has 21 heavy (non-hydrogen) atoms. The maximum atomic E-state index is 12.7. The van der Waals surface area contributed by atoms with E-state index in [1.165, 1.54) is 0 Å². The molecule has 0 bridgehead atoms. The first-order valence-corrected chi connectivity index (χ1v) is 7.45. The highest BCUT2D eigenvalue weighted by Gasteiger charge is 2.47. The molecule has 1 amide bonds. The largest absolute Gasteiger partial charge is 0.346 e. The van der Waals surface area contributed by atoms with Crippen LogP contribution in [0.3, 0.4) is 0 Å². The SMILES string of the molecule is CCC1(CC)C(=O)NC(C)(C)C2=C1\C=C(C#N)/C=C/C=C/2. The van der Waals surface area contributed by atoms with Gasteiger partial charge < -0.3 is 5.32 Å². The van der Waals surface area contributed by atoms with Crippen LogP contribution < -0.4 is 5.32 Å². The van der Waals surface area contributed by atoms with Crippen molar-refractivity contribution < 1.29 is 4.79 Å². The molecule has 0 atom stereocenters. The summed E-state index contributed by atoms with van der Waals surface area (Å²) in [4.78, 5) is 12.7. The molecule has 3 nitrogen and oxygen atoms in total. The number of nitriles is 1. The molecule has 110 valence electrons. The minimum atomic E-state index is -0.553. The Bertz CT molecular complexity index is 620. The lowest BCUT2D eigenvalue weighted by Crippen LogP contribution is -2.56. The number of nitrogens with zero attached hydrogens (tertiary/aromatic N) is 1. The smallest absolute Gasteiger partial charge is 0.231 e. The molecule has 1 heterocycles. The normalized spacial score (nSPS) is 28.1. The molecule has 0 radical (unpaired) electrons. The average Bonchev–Trinajstić information content (AvgIpc) is 2.40. The van der Waals surface area contributed by atoms with Crippen LogP contribution in [-0.2, 0) is 4.79 Å². The zero-order chi connectivity index (χ0) is 15.7. The highest BCUT2D eigenvalue weighted by atomic mass is 16.2. The van der Waals surface area contributed by atoms with Gasteiger partial charge in [0.25, 0.3) is 0 Å². The van der Waals surface area contributed by atoms with E-state index < -0.39 is 11.0 Å². The summed E-state index contributed by atoms with van der Waals surface area (Å²) in [5.41, 5.74) is 1.67. The van der Waals surface area contributed by atoms with E-state index >= 15 is 0 Å². The summed E-state index contributed by atoms with van der Waals surface area (Å²) in [6.45, 7) is 8.07. The molecular formula is C18H22N2O. The topological polar surface area (TPSA) is 52.9 Å². The summed E-state index contributed by atoms with van der Waals surface area (Å²) in [5, 5.41) is 12.4. The summed E-state index contributed by atoms with van der Waals surface area (Å²) >= 11 is 0. The van der Waals surface area contributed by atoms with Crippen molar-refractivity contribution in [1.82, 2.24) is 5.32 Å². The maximum absolute atomic E-state index is 12.7. The van der Waals surface area contributed by atoms with E-state index in [-0.39, 0.29) is 5.91 Å². The molecule has 0 aromatic rings. The van der Waals surface area contributed by atoms with Gasteiger partial charge in [0, 0.05) is 0 Å². The minimum absolute atomic E-state index is 0.0581. The predicted octanol–water partition coefficient (Wildman–Crippen LogP) is 3.57. The lowest BCUT2D eigenvalue weighted by atomic mass is 9.66. The van der Waals surface area contributed by atoms with Crippen LogP contribution >= 0.6 is 0 Å². The summed E-state index contributed by atoms with van der Waals surface area (Å²) < 4.78 is 0. The first-order valence-electron chi connectivity index (χ1n) is 7.45. The van der Waals surface area contributed by atoms with E-state index in [1.54, 1.807) is 6.08 Å². The van der Waals surface area contributed by atoms with Gasteiger partial charge >= 0.3 is 0 Å². The second-order valence-corrected chi connectivity index (χ2v) is 6.13. The Balaban J connectivity index is 2.80. The zero-order valence-corrected chi connectivity index (χ0v) is 13.2. The summed E-state index contributed by atoms with van der Waals surface area (Å²) in [6, 6.07) is 2.21. The second kappa shape index (κ2) is 5.37. The Kier molecular flexibility index (Phi) is 3.91. The molecule has 0 unspecified atom stereocenters. The van der Waals surface area contributed by atoms with Gasteiger partial charge in [-0.25, -0.2) is 0 Å². The van der Waals surface area contributed by atoms with Crippen LogP contribution in [0.5, 0.6) is 0 Å². The van der Waals surface area contributed by atoms with Gasteiger partial charge in [-0.2, -0.15) is 5.26 Å². The number of amides is 1. The molecule has 1 N–H and O–H groups in total. The van der Waals surface area contributed by atoms with E-state index in [4.69, 9.17) is 0 Å². The van der Waals surface area contributed by atoms with Gasteiger partial charge in [0.1, 0.15) is 0 Å². The number of allylic oxidation sites excluding steroid dienone is 5. The van der Waals surface area contributed by atoms with Gasteiger partial charge in [0.05, 0.1) is 22.6 Å². The highest BCUT2D eigenvalue weighted by Crippen LogP contribution is 2.45. The molecule has 0 spiro atoms. The van der Waals surface area contributed by atoms with Crippen LogP contribution in [0.1, 0.15) is 40.5 Å². The third-order valence-corrected chi connectivity index (χ3v) is 4.63. The summed E-state index contributed by atoms with van der Waals surface area (Å²) in [6.07, 6.45) is 11.0. The van der Waals surface area contributed by atoms with E-state index in [0.29, 0.717) is 5.57 Å². The summed E-state index contributed by atoms with van der Waals surface area (Å²) in [7, 11) is 0. The van der Waals surface area contributed by atoms with Crippen molar-refractivity contribution >= 4 is 5.91 Å². The Hall–Kier alpha value is -2.08. The van der Waals surface area contributed by atoms with Crippen molar-refractivity contribution in [1.29, 1.82) is 5.26 Å². The van der Waals surface area contributed by atoms with Gasteiger partial charge in [-0.05, 0) is 50.0 Å². The van der Waals surface area contributed by atoms with E-state index in [0.717, 1.165) is 24.0 Å². The lowest BCUT2D eigenvalue weighted by molar-refractivity contribution is -0.131. The minimum Gasteiger partial charge on any atom is -0.346 e. The van der Waals surface area contributed by atoms with Crippen molar-refractivity contribution in [2.75, 3.05) is 0 Å². The first kappa shape index (κ1) is 15.3. The van der Waals surface area contributed by atoms with E-state index in [2.05, 4.69) is 17.5 Å². The molecule has 0 aromatic carbocycles. The van der Waals surface area contributed by atoms with Crippen LogP contribution in [-0.4, -0.2) is 11.4 Å². The van der Waals surface area contributed by atoms with Gasteiger partial charge in [0.15, 0.2) is 0 Å². The van der Waals surface area contributed by atoms with Crippen LogP contribution in [0.2, 0.25) is 0 Å². The van der Waals surface area contributed by atoms with Crippen LogP contribution in [0.25, 0.3) is 0 Å². The van der Waals surface area contributed by atoms with Gasteiger partial charge in [-0.15, -0.1) is 0 Å². The highest BCUT2D eigenvalue weighted by molar-refractivity contribution is 5.90. The zero-order valence-electron chi connectivity index (χ0n) is 13.2. The van der Waals surface area contributed by atoms with Crippen molar-refractivity contribution in [3.63, 3.8) is 0 Å². The van der Waals surface area contributed by atoms with Crippen molar-refractivity contribution in [3.05, 3.63) is 47.1 Å². The van der Waals surface area contributed by atoms with Crippen LogP contribution in [0.15, 0.2) is 47.1 Å². The van der Waals surface area contributed by atoms with Crippen LogP contribution in [0, 0.1) is 16.7 Å². The molecule has 0 saturated heterocycles. The Labute approximate surface area is 126 Å². The third kappa shape index (κ3) is 2.35. The molecule has 3 heteroatoms. The van der Waals surface area contributed by atoms with E-state index in [9.17, 15) is 10.1 Å². The predicted molar refractivity (Wildman–Crippen MR) is 84.2 cm³/mol. The van der Waals surface area contributed by atoms with Gasteiger partial charge in [0.2, 0.25) is 5.91 Å². The number of hydrogen-bond acceptors (Lipinski definition) is 2. The fourth-order valence-electron chi connectivity index (χ4n) is 3.24. The molecule has 2 rings (SSSR count). The number of rotatable bonds is 2. The maximum Gasteiger partial charge on any atom is 0.231 e. The third-order valence-electron chi connectivity index (χ3n) is 4.63. The van der Waals surface area contributed by atoms with Crippen molar-refractivity contribution in [2.24, 2.45) is 5.41 Å². The van der Waals surface area contributed by atoms with Crippen molar-refractivity contribution in [3.8, 4) is 6.07 Å². The molecular weight excluding hydrogens is 260 g/mol. The number of carbonyl (C=O) groups is 1. The fourth-order valence-corrected chi connectivity index (χ4v) is 3.24.